The second kappa shape index (κ2) is 11.3. The van der Waals surface area contributed by atoms with E-state index in [0.717, 1.165) is 37.3 Å². The zero-order valence-corrected chi connectivity index (χ0v) is 20.6. The summed E-state index contributed by atoms with van der Waals surface area (Å²) in [5, 5.41) is 3.47. The summed E-state index contributed by atoms with van der Waals surface area (Å²) >= 11 is 0. The smallest absolute Gasteiger partial charge is 0.203 e. The van der Waals surface area contributed by atoms with Crippen LogP contribution in [-0.2, 0) is 6.61 Å². The maximum Gasteiger partial charge on any atom is 0.203 e. The molecule has 0 bridgehead atoms. The summed E-state index contributed by atoms with van der Waals surface area (Å²) < 4.78 is 17.8. The zero-order chi connectivity index (χ0) is 23.9. The molecule has 6 heteroatoms. The molecule has 1 aliphatic heterocycles. The Kier molecular flexibility index (Phi) is 7.93. The molecule has 0 spiro atoms. The average Bonchev–Trinajstić information content (AvgIpc) is 2.89. The molecule has 1 unspecified atom stereocenters. The highest BCUT2D eigenvalue weighted by molar-refractivity contribution is 5.56. The predicted molar refractivity (Wildman–Crippen MR) is 137 cm³/mol. The molecule has 1 heterocycles. The summed E-state index contributed by atoms with van der Waals surface area (Å²) in [7, 11) is 7.48. The minimum Gasteiger partial charge on any atom is -0.493 e. The van der Waals surface area contributed by atoms with Crippen molar-refractivity contribution in [2.45, 2.75) is 12.6 Å². The van der Waals surface area contributed by atoms with Gasteiger partial charge in [-0.3, -0.25) is 4.90 Å². The van der Waals surface area contributed by atoms with Gasteiger partial charge in [-0.05, 0) is 41.0 Å². The number of hydrogen-bond acceptors (Lipinski definition) is 6. The van der Waals surface area contributed by atoms with Gasteiger partial charge >= 0.3 is 0 Å². The summed E-state index contributed by atoms with van der Waals surface area (Å²) in [6.45, 7) is 4.33. The van der Waals surface area contributed by atoms with Crippen molar-refractivity contribution in [2.75, 3.05) is 59.4 Å². The summed E-state index contributed by atoms with van der Waals surface area (Å²) in [6.07, 6.45) is 0. The Morgan fingerprint density at radius 3 is 2.03 bits per heavy atom. The number of benzene rings is 3. The Hall–Kier alpha value is -3.22. The normalized spacial score (nSPS) is 14.9. The van der Waals surface area contributed by atoms with E-state index in [1.165, 1.54) is 11.3 Å². The van der Waals surface area contributed by atoms with Crippen molar-refractivity contribution in [2.24, 2.45) is 0 Å². The Labute approximate surface area is 203 Å². The number of rotatable bonds is 9. The third-order valence-electron chi connectivity index (χ3n) is 6.27. The first kappa shape index (κ1) is 23.9. The Morgan fingerprint density at radius 2 is 1.47 bits per heavy atom. The van der Waals surface area contributed by atoms with Gasteiger partial charge in [0.1, 0.15) is 6.61 Å². The molecule has 4 rings (SSSR count). The van der Waals surface area contributed by atoms with Crippen LogP contribution in [0.4, 0.5) is 5.69 Å². The van der Waals surface area contributed by atoms with Crippen LogP contribution < -0.4 is 24.4 Å². The molecule has 1 saturated heterocycles. The van der Waals surface area contributed by atoms with Crippen LogP contribution in [0.3, 0.4) is 0 Å². The Bertz CT molecular complexity index is 1020. The van der Waals surface area contributed by atoms with Crippen LogP contribution in [0.2, 0.25) is 0 Å². The fourth-order valence-corrected chi connectivity index (χ4v) is 4.44. The Balaban J connectivity index is 1.71. The number of nitrogens with one attached hydrogen (secondary N) is 1. The molecule has 1 N–H and O–H groups in total. The maximum absolute atomic E-state index is 6.19. The van der Waals surface area contributed by atoms with Crippen LogP contribution in [0, 0.1) is 0 Å². The Morgan fingerprint density at radius 1 is 0.853 bits per heavy atom. The lowest BCUT2D eigenvalue weighted by atomic mass is 9.95. The molecule has 3 aromatic carbocycles. The topological polar surface area (TPSA) is 46.2 Å². The van der Waals surface area contributed by atoms with Gasteiger partial charge < -0.3 is 24.4 Å². The molecular formula is C28H35N3O3. The number of ether oxygens (including phenoxy) is 3. The number of anilines is 1. The summed E-state index contributed by atoms with van der Waals surface area (Å²) in [5.74, 6) is 1.98. The predicted octanol–water partition coefficient (Wildman–Crippen LogP) is 4.34. The van der Waals surface area contributed by atoms with Gasteiger partial charge in [-0.25, -0.2) is 0 Å². The van der Waals surface area contributed by atoms with E-state index in [1.807, 2.05) is 30.3 Å². The second-order valence-corrected chi connectivity index (χ2v) is 8.70. The largest absolute Gasteiger partial charge is 0.493 e. The van der Waals surface area contributed by atoms with Gasteiger partial charge in [-0.2, -0.15) is 0 Å². The molecule has 34 heavy (non-hydrogen) atoms. The monoisotopic (exact) mass is 461 g/mol. The van der Waals surface area contributed by atoms with Gasteiger partial charge in [-0.15, -0.1) is 0 Å². The number of nitrogens with zero attached hydrogens (tertiary/aromatic N) is 2. The summed E-state index contributed by atoms with van der Waals surface area (Å²) in [4.78, 5) is 4.63. The lowest BCUT2D eigenvalue weighted by molar-refractivity contribution is 0.197. The fraction of sp³-hybridized carbons (Fsp3) is 0.357. The molecule has 3 aromatic rings. The average molecular weight is 462 g/mol. The van der Waals surface area contributed by atoms with E-state index >= 15 is 0 Å². The van der Waals surface area contributed by atoms with E-state index < -0.39 is 0 Å². The van der Waals surface area contributed by atoms with Crippen molar-refractivity contribution >= 4 is 5.69 Å². The van der Waals surface area contributed by atoms with E-state index in [4.69, 9.17) is 14.2 Å². The van der Waals surface area contributed by atoms with E-state index in [0.29, 0.717) is 23.9 Å². The SMILES string of the molecule is COc1cc(C(c2ccc(N(C)C)cc2)N2CCNCC2)cc(OC)c1OCc1ccccc1. The molecule has 0 amide bonds. The first-order valence-corrected chi connectivity index (χ1v) is 11.8. The lowest BCUT2D eigenvalue weighted by Gasteiger charge is -2.36. The second-order valence-electron chi connectivity index (χ2n) is 8.70. The number of hydrogen-bond donors (Lipinski definition) is 1. The first-order valence-electron chi connectivity index (χ1n) is 11.8. The molecule has 0 radical (unpaired) electrons. The van der Waals surface area contributed by atoms with E-state index in [2.05, 4.69) is 65.6 Å². The van der Waals surface area contributed by atoms with Crippen molar-refractivity contribution < 1.29 is 14.2 Å². The van der Waals surface area contributed by atoms with Gasteiger partial charge in [0.15, 0.2) is 11.5 Å². The standard InChI is InChI=1S/C28H35N3O3/c1-30(2)24-12-10-22(11-13-24)27(31-16-14-29-15-17-31)23-18-25(32-3)28(26(19-23)33-4)34-20-21-8-6-5-7-9-21/h5-13,18-19,27,29H,14-17,20H2,1-4H3. The van der Waals surface area contributed by atoms with Gasteiger partial charge in [0.2, 0.25) is 5.75 Å². The molecule has 180 valence electrons. The van der Waals surface area contributed by atoms with Gasteiger partial charge in [0.05, 0.1) is 20.3 Å². The molecule has 0 aromatic heterocycles. The third-order valence-corrected chi connectivity index (χ3v) is 6.27. The van der Waals surface area contributed by atoms with Crippen LogP contribution >= 0.6 is 0 Å². The molecule has 1 fully saturated rings. The summed E-state index contributed by atoms with van der Waals surface area (Å²) in [5.41, 5.74) is 4.65. The van der Waals surface area contributed by atoms with Crippen LogP contribution in [0.5, 0.6) is 17.2 Å². The minimum absolute atomic E-state index is 0.0873. The van der Waals surface area contributed by atoms with Crippen LogP contribution in [0.15, 0.2) is 66.7 Å². The van der Waals surface area contributed by atoms with E-state index in [1.54, 1.807) is 14.2 Å². The van der Waals surface area contributed by atoms with E-state index in [9.17, 15) is 0 Å². The molecule has 6 nitrogen and oxygen atoms in total. The van der Waals surface area contributed by atoms with Crippen LogP contribution in [0.1, 0.15) is 22.7 Å². The third kappa shape index (κ3) is 5.46. The lowest BCUT2D eigenvalue weighted by Crippen LogP contribution is -2.45. The first-order chi connectivity index (χ1) is 16.6. The highest BCUT2D eigenvalue weighted by atomic mass is 16.5. The van der Waals surface area contributed by atoms with Crippen molar-refractivity contribution in [3.63, 3.8) is 0 Å². The fourth-order valence-electron chi connectivity index (χ4n) is 4.44. The van der Waals surface area contributed by atoms with Crippen molar-refractivity contribution in [3.05, 3.63) is 83.4 Å². The molecule has 1 atom stereocenters. The van der Waals surface area contributed by atoms with Crippen molar-refractivity contribution in [3.8, 4) is 17.2 Å². The van der Waals surface area contributed by atoms with Crippen LogP contribution in [0.25, 0.3) is 0 Å². The molecule has 0 aliphatic carbocycles. The van der Waals surface area contributed by atoms with Gasteiger partial charge in [0, 0.05) is 46.0 Å². The minimum atomic E-state index is 0.0873. The highest BCUT2D eigenvalue weighted by Crippen LogP contribution is 2.43. The van der Waals surface area contributed by atoms with Crippen LogP contribution in [-0.4, -0.2) is 59.4 Å². The highest BCUT2D eigenvalue weighted by Gasteiger charge is 2.27. The number of methoxy groups -OCH3 is 2. The van der Waals surface area contributed by atoms with Crippen molar-refractivity contribution in [1.82, 2.24) is 10.2 Å². The maximum atomic E-state index is 6.19. The van der Waals surface area contributed by atoms with Gasteiger partial charge in [0.25, 0.3) is 0 Å². The molecule has 1 aliphatic rings. The molecular weight excluding hydrogens is 426 g/mol. The number of piperazine rings is 1. The molecule has 0 saturated carbocycles. The van der Waals surface area contributed by atoms with Crippen molar-refractivity contribution in [1.29, 1.82) is 0 Å². The zero-order valence-electron chi connectivity index (χ0n) is 20.6. The van der Waals surface area contributed by atoms with E-state index in [-0.39, 0.29) is 6.04 Å². The quantitative estimate of drug-likeness (QED) is 0.511. The van der Waals surface area contributed by atoms with Gasteiger partial charge in [-0.1, -0.05) is 42.5 Å². The summed E-state index contributed by atoms with van der Waals surface area (Å²) in [6, 6.07) is 23.2.